The lowest BCUT2D eigenvalue weighted by molar-refractivity contribution is -0.136. The van der Waals surface area contributed by atoms with Crippen LogP contribution in [0.15, 0.2) is 39.9 Å². The fourth-order valence-electron chi connectivity index (χ4n) is 1.50. The molecule has 114 valence electrons. The highest BCUT2D eigenvalue weighted by atomic mass is 35.5. The van der Waals surface area contributed by atoms with Crippen LogP contribution in [0.3, 0.4) is 0 Å². The van der Waals surface area contributed by atoms with Gasteiger partial charge in [-0.2, -0.15) is 5.10 Å². The van der Waals surface area contributed by atoms with Gasteiger partial charge in [-0.1, -0.05) is 23.2 Å². The number of hydrogen-bond acceptors (Lipinski definition) is 4. The molecule has 2 amide bonds. The lowest BCUT2D eigenvalue weighted by Crippen LogP contribution is -2.32. The fourth-order valence-corrected chi connectivity index (χ4v) is 1.95. The molecule has 0 spiro atoms. The molecule has 1 aromatic heterocycles. The van der Waals surface area contributed by atoms with Crippen molar-refractivity contribution in [1.29, 1.82) is 0 Å². The average molecular weight is 340 g/mol. The normalized spacial score (nSPS) is 10.7. The first kappa shape index (κ1) is 16.1. The summed E-state index contributed by atoms with van der Waals surface area (Å²) >= 11 is 11.6. The minimum Gasteiger partial charge on any atom is -0.460 e. The van der Waals surface area contributed by atoms with E-state index < -0.39 is 11.8 Å². The van der Waals surface area contributed by atoms with Crippen molar-refractivity contribution in [3.63, 3.8) is 0 Å². The van der Waals surface area contributed by atoms with Gasteiger partial charge in [0.2, 0.25) is 0 Å². The summed E-state index contributed by atoms with van der Waals surface area (Å²) < 4.78 is 5.22. The number of carbonyl (C=O) groups excluding carboxylic acids is 2. The Morgan fingerprint density at radius 3 is 2.59 bits per heavy atom. The number of anilines is 1. The Morgan fingerprint density at radius 1 is 1.18 bits per heavy atom. The van der Waals surface area contributed by atoms with Crippen molar-refractivity contribution in [2.75, 3.05) is 5.32 Å². The number of halogens is 2. The van der Waals surface area contributed by atoms with E-state index in [2.05, 4.69) is 15.8 Å². The van der Waals surface area contributed by atoms with Gasteiger partial charge in [0.1, 0.15) is 11.5 Å². The second-order valence-corrected chi connectivity index (χ2v) is 5.07. The minimum absolute atomic E-state index is 0.225. The third-order valence-corrected chi connectivity index (χ3v) is 3.05. The van der Waals surface area contributed by atoms with E-state index in [1.54, 1.807) is 25.1 Å². The van der Waals surface area contributed by atoms with Crippen LogP contribution in [0.1, 0.15) is 11.5 Å². The van der Waals surface area contributed by atoms with Gasteiger partial charge in [0.25, 0.3) is 0 Å². The maximum atomic E-state index is 11.7. The van der Waals surface area contributed by atoms with Crippen LogP contribution in [-0.4, -0.2) is 18.0 Å². The number of carbonyl (C=O) groups is 2. The monoisotopic (exact) mass is 339 g/mol. The highest BCUT2D eigenvalue weighted by molar-refractivity contribution is 6.42. The van der Waals surface area contributed by atoms with Crippen molar-refractivity contribution in [3.05, 3.63) is 51.9 Å². The van der Waals surface area contributed by atoms with E-state index in [-0.39, 0.29) is 10.7 Å². The molecule has 0 atom stereocenters. The van der Waals surface area contributed by atoms with Crippen molar-refractivity contribution in [1.82, 2.24) is 5.43 Å². The largest absolute Gasteiger partial charge is 0.460 e. The summed E-state index contributed by atoms with van der Waals surface area (Å²) in [5.41, 5.74) is 2.36. The minimum atomic E-state index is -0.939. The van der Waals surface area contributed by atoms with E-state index in [0.29, 0.717) is 16.5 Å². The number of nitrogens with zero attached hydrogens (tertiary/aromatic N) is 1. The number of benzene rings is 1. The SMILES string of the molecule is Cc1ccc(C=NNC(=O)C(=O)Nc2ccc(Cl)cc2Cl)o1. The zero-order valence-electron chi connectivity index (χ0n) is 11.4. The molecular weight excluding hydrogens is 329 g/mol. The van der Waals surface area contributed by atoms with Gasteiger partial charge in [-0.25, -0.2) is 5.43 Å². The Labute approximate surface area is 136 Å². The quantitative estimate of drug-likeness (QED) is 0.512. The molecule has 0 saturated carbocycles. The van der Waals surface area contributed by atoms with Crippen molar-refractivity contribution in [2.24, 2.45) is 5.10 Å². The molecule has 0 saturated heterocycles. The molecule has 0 aliphatic carbocycles. The van der Waals surface area contributed by atoms with Crippen LogP contribution in [0.25, 0.3) is 0 Å². The van der Waals surface area contributed by atoms with Crippen molar-refractivity contribution in [2.45, 2.75) is 6.92 Å². The fraction of sp³-hybridized carbons (Fsp3) is 0.0714. The van der Waals surface area contributed by atoms with Crippen LogP contribution >= 0.6 is 23.2 Å². The predicted octanol–water partition coefficient (Wildman–Crippen LogP) is 2.98. The highest BCUT2D eigenvalue weighted by Crippen LogP contribution is 2.25. The molecule has 1 heterocycles. The standard InChI is InChI=1S/C14H11Cl2N3O3/c1-8-2-4-10(22-8)7-17-19-14(21)13(20)18-12-5-3-9(15)6-11(12)16/h2-7H,1H3,(H,18,20)(H,19,21). The lowest BCUT2D eigenvalue weighted by atomic mass is 10.3. The first-order valence-corrected chi connectivity index (χ1v) is 6.87. The molecule has 0 unspecified atom stereocenters. The number of hydrogen-bond donors (Lipinski definition) is 2. The summed E-state index contributed by atoms with van der Waals surface area (Å²) in [4.78, 5) is 23.3. The smallest absolute Gasteiger partial charge is 0.329 e. The van der Waals surface area contributed by atoms with E-state index in [4.69, 9.17) is 27.6 Å². The maximum Gasteiger partial charge on any atom is 0.329 e. The molecule has 0 radical (unpaired) electrons. The topological polar surface area (TPSA) is 83.7 Å². The number of nitrogens with one attached hydrogen (secondary N) is 2. The highest BCUT2D eigenvalue weighted by Gasteiger charge is 2.14. The van der Waals surface area contributed by atoms with Gasteiger partial charge in [-0.3, -0.25) is 9.59 Å². The van der Waals surface area contributed by atoms with Crippen LogP contribution in [0.2, 0.25) is 10.0 Å². The van der Waals surface area contributed by atoms with Crippen LogP contribution < -0.4 is 10.7 Å². The van der Waals surface area contributed by atoms with Crippen molar-refractivity contribution in [3.8, 4) is 0 Å². The molecule has 2 aromatic rings. The molecule has 0 bridgehead atoms. The van der Waals surface area contributed by atoms with Gasteiger partial charge in [-0.15, -0.1) is 0 Å². The number of amides is 2. The number of aryl methyl sites for hydroxylation is 1. The van der Waals surface area contributed by atoms with E-state index in [1.165, 1.54) is 18.3 Å². The molecule has 6 nitrogen and oxygen atoms in total. The molecular formula is C14H11Cl2N3O3. The Kier molecular flexibility index (Phi) is 5.19. The molecule has 2 N–H and O–H groups in total. The third kappa shape index (κ3) is 4.34. The summed E-state index contributed by atoms with van der Waals surface area (Å²) in [5, 5.41) is 6.62. The van der Waals surface area contributed by atoms with Crippen molar-refractivity contribution < 1.29 is 14.0 Å². The van der Waals surface area contributed by atoms with Crippen LogP contribution in [-0.2, 0) is 9.59 Å². The van der Waals surface area contributed by atoms with E-state index in [0.717, 1.165) is 0 Å². The van der Waals surface area contributed by atoms with Gasteiger partial charge in [0.05, 0.1) is 16.9 Å². The number of rotatable bonds is 3. The predicted molar refractivity (Wildman–Crippen MR) is 84.3 cm³/mol. The zero-order chi connectivity index (χ0) is 16.1. The summed E-state index contributed by atoms with van der Waals surface area (Å²) in [6.07, 6.45) is 1.29. The summed E-state index contributed by atoms with van der Waals surface area (Å²) in [6.45, 7) is 1.78. The summed E-state index contributed by atoms with van der Waals surface area (Å²) in [7, 11) is 0. The van der Waals surface area contributed by atoms with E-state index in [9.17, 15) is 9.59 Å². The van der Waals surface area contributed by atoms with Gasteiger partial charge in [0.15, 0.2) is 0 Å². The second-order valence-electron chi connectivity index (χ2n) is 4.23. The second kappa shape index (κ2) is 7.11. The Balaban J connectivity index is 1.92. The molecule has 8 heteroatoms. The Morgan fingerprint density at radius 2 is 1.95 bits per heavy atom. The Bertz CT molecular complexity index is 741. The third-order valence-electron chi connectivity index (χ3n) is 2.50. The van der Waals surface area contributed by atoms with Crippen LogP contribution in [0.4, 0.5) is 5.69 Å². The molecule has 0 fully saturated rings. The lowest BCUT2D eigenvalue weighted by Gasteiger charge is -2.06. The summed E-state index contributed by atoms with van der Waals surface area (Å²) in [6, 6.07) is 7.91. The number of furan rings is 1. The average Bonchev–Trinajstić information content (AvgIpc) is 2.87. The van der Waals surface area contributed by atoms with Gasteiger partial charge >= 0.3 is 11.8 Å². The van der Waals surface area contributed by atoms with Gasteiger partial charge < -0.3 is 9.73 Å². The molecule has 22 heavy (non-hydrogen) atoms. The van der Waals surface area contributed by atoms with Gasteiger partial charge in [0, 0.05) is 5.02 Å². The van der Waals surface area contributed by atoms with E-state index in [1.807, 2.05) is 0 Å². The van der Waals surface area contributed by atoms with E-state index >= 15 is 0 Å². The number of hydrazone groups is 1. The first-order chi connectivity index (χ1) is 10.5. The first-order valence-electron chi connectivity index (χ1n) is 6.11. The van der Waals surface area contributed by atoms with Crippen LogP contribution in [0.5, 0.6) is 0 Å². The molecule has 2 rings (SSSR count). The molecule has 0 aliphatic rings. The van der Waals surface area contributed by atoms with Crippen molar-refractivity contribution >= 4 is 46.9 Å². The van der Waals surface area contributed by atoms with Gasteiger partial charge in [-0.05, 0) is 37.3 Å². The Hall–Kier alpha value is -2.31. The zero-order valence-corrected chi connectivity index (χ0v) is 12.9. The maximum absolute atomic E-state index is 11.7. The van der Waals surface area contributed by atoms with Crippen LogP contribution in [0, 0.1) is 6.92 Å². The molecule has 0 aliphatic heterocycles. The summed E-state index contributed by atoms with van der Waals surface area (Å²) in [5.74, 6) is -0.676. The molecule has 1 aromatic carbocycles.